The second-order valence-electron chi connectivity index (χ2n) is 3.90. The second-order valence-corrected chi connectivity index (χ2v) is 4.17. The van der Waals surface area contributed by atoms with Gasteiger partial charge >= 0.3 is 0 Å². The molecule has 19 heavy (non-hydrogen) atoms. The quantitative estimate of drug-likeness (QED) is 0.848. The number of alkyl halides is 1. The molecule has 0 unspecified atom stereocenters. The zero-order valence-corrected chi connectivity index (χ0v) is 10.5. The number of rotatable bonds is 3. The first-order valence-corrected chi connectivity index (χ1v) is 6.05. The van der Waals surface area contributed by atoms with Crippen molar-refractivity contribution in [1.29, 1.82) is 0 Å². The summed E-state index contributed by atoms with van der Waals surface area (Å²) in [4.78, 5) is 11.9. The number of carbonyl (C=O) groups is 1. The molecule has 0 aliphatic rings. The number of hydrogen-bond acceptors (Lipinski definition) is 1. The second kappa shape index (κ2) is 5.80. The fraction of sp³-hybridized carbons (Fsp3) is 0.0714. The molecule has 0 aliphatic heterocycles. The maximum atomic E-state index is 13.0. The molecule has 0 atom stereocenters. The summed E-state index contributed by atoms with van der Waals surface area (Å²) in [7, 11) is 0. The van der Waals surface area contributed by atoms with Gasteiger partial charge in [-0.15, -0.1) is 11.6 Å². The zero-order valence-electron chi connectivity index (χ0n) is 9.79. The highest BCUT2D eigenvalue weighted by molar-refractivity contribution is 6.17. The molecule has 0 bridgehead atoms. The smallest absolute Gasteiger partial charge is 0.255 e. The van der Waals surface area contributed by atoms with Gasteiger partial charge in [0, 0.05) is 23.2 Å². The Morgan fingerprint density at radius 2 is 1.74 bits per heavy atom. The molecule has 0 fully saturated rings. The van der Waals surface area contributed by atoms with Crippen LogP contribution in [0.2, 0.25) is 0 Å². The van der Waals surface area contributed by atoms with Crippen LogP contribution in [0.3, 0.4) is 0 Å². The highest BCUT2D eigenvalue weighted by atomic mass is 35.5. The van der Waals surface area contributed by atoms with E-state index in [-0.39, 0.29) is 11.4 Å². The Hall–Kier alpha value is -1.94. The molecule has 0 spiro atoms. The van der Waals surface area contributed by atoms with Gasteiger partial charge in [0.25, 0.3) is 5.91 Å². The van der Waals surface area contributed by atoms with E-state index in [4.69, 9.17) is 11.6 Å². The van der Waals surface area contributed by atoms with Crippen LogP contribution in [0.5, 0.6) is 0 Å². The lowest BCUT2D eigenvalue weighted by Crippen LogP contribution is -2.13. The van der Waals surface area contributed by atoms with E-state index in [9.17, 15) is 13.6 Å². The molecular formula is C14H10ClF2NO. The van der Waals surface area contributed by atoms with Crippen LogP contribution in [-0.2, 0) is 5.88 Å². The Kier molecular flexibility index (Phi) is 4.12. The van der Waals surface area contributed by atoms with Crippen LogP contribution in [0, 0.1) is 11.6 Å². The van der Waals surface area contributed by atoms with Crippen LogP contribution in [0.4, 0.5) is 14.5 Å². The van der Waals surface area contributed by atoms with E-state index in [1.54, 1.807) is 24.3 Å². The van der Waals surface area contributed by atoms with Crippen molar-refractivity contribution in [1.82, 2.24) is 0 Å². The number of halogens is 3. The van der Waals surface area contributed by atoms with Crippen molar-refractivity contribution in [2.45, 2.75) is 5.88 Å². The van der Waals surface area contributed by atoms with E-state index in [0.29, 0.717) is 11.8 Å². The average molecular weight is 282 g/mol. The van der Waals surface area contributed by atoms with Crippen molar-refractivity contribution in [3.05, 3.63) is 65.2 Å². The first kappa shape index (κ1) is 13.5. The van der Waals surface area contributed by atoms with Crippen LogP contribution in [-0.4, -0.2) is 5.91 Å². The first-order chi connectivity index (χ1) is 9.10. The molecule has 0 aromatic heterocycles. The number of carbonyl (C=O) groups excluding carboxylic acids is 1. The zero-order chi connectivity index (χ0) is 13.8. The van der Waals surface area contributed by atoms with Gasteiger partial charge in [0.2, 0.25) is 0 Å². The fourth-order valence-corrected chi connectivity index (χ4v) is 1.87. The number of benzene rings is 2. The standard InChI is InChI=1S/C14H10ClF2NO/c15-8-9-3-1-2-4-13(9)18-14(19)10-5-11(16)7-12(17)6-10/h1-7H,8H2,(H,18,19). The van der Waals surface area contributed by atoms with Gasteiger partial charge in [-0.1, -0.05) is 18.2 Å². The lowest BCUT2D eigenvalue weighted by molar-refractivity contribution is 0.102. The van der Waals surface area contributed by atoms with Crippen LogP contribution in [0.15, 0.2) is 42.5 Å². The predicted octanol–water partition coefficient (Wildman–Crippen LogP) is 3.96. The SMILES string of the molecule is O=C(Nc1ccccc1CCl)c1cc(F)cc(F)c1. The molecule has 1 N–H and O–H groups in total. The predicted molar refractivity (Wildman–Crippen MR) is 70.3 cm³/mol. The van der Waals surface area contributed by atoms with Gasteiger partial charge in [-0.2, -0.15) is 0 Å². The third-order valence-electron chi connectivity index (χ3n) is 2.53. The Bertz CT molecular complexity index is 596. The summed E-state index contributed by atoms with van der Waals surface area (Å²) in [5.74, 6) is -1.95. The van der Waals surface area contributed by atoms with E-state index in [2.05, 4.69) is 5.32 Å². The van der Waals surface area contributed by atoms with Gasteiger partial charge in [0.15, 0.2) is 0 Å². The van der Waals surface area contributed by atoms with E-state index >= 15 is 0 Å². The van der Waals surface area contributed by atoms with E-state index in [0.717, 1.165) is 17.7 Å². The minimum absolute atomic E-state index is 0.0816. The fourth-order valence-electron chi connectivity index (χ4n) is 1.64. The molecular weight excluding hydrogens is 272 g/mol. The topological polar surface area (TPSA) is 29.1 Å². The minimum atomic E-state index is -0.796. The van der Waals surface area contributed by atoms with Crippen molar-refractivity contribution in [3.63, 3.8) is 0 Å². The molecule has 0 aliphatic carbocycles. The molecule has 2 aromatic rings. The van der Waals surface area contributed by atoms with E-state index in [1.807, 2.05) is 0 Å². The maximum absolute atomic E-state index is 13.0. The lowest BCUT2D eigenvalue weighted by atomic mass is 10.1. The lowest BCUT2D eigenvalue weighted by Gasteiger charge is -2.09. The Morgan fingerprint density at radius 3 is 2.37 bits per heavy atom. The summed E-state index contributed by atoms with van der Waals surface area (Å²) in [6.45, 7) is 0. The Balaban J connectivity index is 2.25. The van der Waals surface area contributed by atoms with Gasteiger partial charge in [0.1, 0.15) is 11.6 Å². The van der Waals surface area contributed by atoms with Crippen molar-refractivity contribution in [3.8, 4) is 0 Å². The van der Waals surface area contributed by atoms with Crippen molar-refractivity contribution in [2.75, 3.05) is 5.32 Å². The molecule has 0 radical (unpaired) electrons. The van der Waals surface area contributed by atoms with Crippen LogP contribution < -0.4 is 5.32 Å². The summed E-state index contributed by atoms with van der Waals surface area (Å²) in [5.41, 5.74) is 1.17. The van der Waals surface area contributed by atoms with Gasteiger partial charge in [-0.3, -0.25) is 4.79 Å². The molecule has 1 amide bonds. The van der Waals surface area contributed by atoms with Crippen LogP contribution in [0.25, 0.3) is 0 Å². The molecule has 5 heteroatoms. The summed E-state index contributed by atoms with van der Waals surface area (Å²) in [6.07, 6.45) is 0. The molecule has 2 rings (SSSR count). The summed E-state index contributed by atoms with van der Waals surface area (Å²) >= 11 is 5.74. The number of anilines is 1. The van der Waals surface area contributed by atoms with E-state index in [1.165, 1.54) is 0 Å². The number of hydrogen-bond donors (Lipinski definition) is 1. The largest absolute Gasteiger partial charge is 0.322 e. The van der Waals surface area contributed by atoms with Crippen molar-refractivity contribution >= 4 is 23.2 Å². The summed E-state index contributed by atoms with van der Waals surface area (Å²) in [5, 5.41) is 2.58. The minimum Gasteiger partial charge on any atom is -0.322 e. The molecule has 0 saturated carbocycles. The molecule has 2 aromatic carbocycles. The molecule has 98 valence electrons. The molecule has 0 heterocycles. The molecule has 0 saturated heterocycles. The number of nitrogens with one attached hydrogen (secondary N) is 1. The highest BCUT2D eigenvalue weighted by Crippen LogP contribution is 2.18. The summed E-state index contributed by atoms with van der Waals surface area (Å²) < 4.78 is 26.1. The Morgan fingerprint density at radius 1 is 1.11 bits per heavy atom. The Labute approximate surface area is 114 Å². The maximum Gasteiger partial charge on any atom is 0.255 e. The highest BCUT2D eigenvalue weighted by Gasteiger charge is 2.11. The van der Waals surface area contributed by atoms with Gasteiger partial charge in [-0.05, 0) is 23.8 Å². The first-order valence-electron chi connectivity index (χ1n) is 5.51. The van der Waals surface area contributed by atoms with E-state index < -0.39 is 17.5 Å². The van der Waals surface area contributed by atoms with Crippen molar-refractivity contribution < 1.29 is 13.6 Å². The number of amides is 1. The van der Waals surface area contributed by atoms with Crippen LogP contribution >= 0.6 is 11.6 Å². The normalized spacial score (nSPS) is 10.3. The van der Waals surface area contributed by atoms with Gasteiger partial charge in [0.05, 0.1) is 0 Å². The average Bonchev–Trinajstić information content (AvgIpc) is 2.38. The van der Waals surface area contributed by atoms with Crippen LogP contribution in [0.1, 0.15) is 15.9 Å². The third-order valence-corrected chi connectivity index (χ3v) is 2.82. The monoisotopic (exact) mass is 281 g/mol. The molecule has 2 nitrogen and oxygen atoms in total. The van der Waals surface area contributed by atoms with Gasteiger partial charge in [-0.25, -0.2) is 8.78 Å². The van der Waals surface area contributed by atoms with Crippen molar-refractivity contribution in [2.24, 2.45) is 0 Å². The number of para-hydroxylation sites is 1. The third kappa shape index (κ3) is 3.29. The summed E-state index contributed by atoms with van der Waals surface area (Å²) in [6, 6.07) is 9.61. The van der Waals surface area contributed by atoms with Gasteiger partial charge < -0.3 is 5.32 Å².